The van der Waals surface area contributed by atoms with Crippen molar-refractivity contribution in [3.05, 3.63) is 65.4 Å². The smallest absolute Gasteiger partial charge is 0.158 e. The summed E-state index contributed by atoms with van der Waals surface area (Å²) < 4.78 is 7.44. The van der Waals surface area contributed by atoms with Gasteiger partial charge in [0.25, 0.3) is 0 Å². The van der Waals surface area contributed by atoms with Crippen molar-refractivity contribution in [1.82, 2.24) is 14.6 Å². The second-order valence-electron chi connectivity index (χ2n) is 6.64. The highest BCUT2D eigenvalue weighted by Crippen LogP contribution is 2.31. The summed E-state index contributed by atoms with van der Waals surface area (Å²) in [4.78, 5) is 4.82. The van der Waals surface area contributed by atoms with Crippen molar-refractivity contribution in [2.45, 2.75) is 26.8 Å². The number of benzene rings is 2. The molecule has 2 aromatic heterocycles. The third kappa shape index (κ3) is 2.75. The fourth-order valence-electron chi connectivity index (χ4n) is 3.36. The molecule has 132 valence electrons. The zero-order valence-corrected chi connectivity index (χ0v) is 15.4. The van der Waals surface area contributed by atoms with Crippen LogP contribution in [0.3, 0.4) is 0 Å². The molecule has 4 aromatic rings. The Balaban J connectivity index is 1.82. The van der Waals surface area contributed by atoms with Gasteiger partial charge in [-0.3, -0.25) is 0 Å². The number of hydrogen-bond acceptors (Lipinski definition) is 4. The summed E-state index contributed by atoms with van der Waals surface area (Å²) in [5.74, 6) is 1.73. The van der Waals surface area contributed by atoms with Gasteiger partial charge in [0.15, 0.2) is 5.65 Å². The number of nitrogens with one attached hydrogen (secondary N) is 1. The molecule has 0 radical (unpaired) electrons. The first-order chi connectivity index (χ1) is 12.6. The van der Waals surface area contributed by atoms with Crippen molar-refractivity contribution >= 4 is 22.4 Å². The van der Waals surface area contributed by atoms with Crippen LogP contribution in [0.5, 0.6) is 5.75 Å². The van der Waals surface area contributed by atoms with Crippen LogP contribution in [0.2, 0.25) is 0 Å². The first kappa shape index (κ1) is 16.4. The molecule has 0 saturated heterocycles. The molecule has 0 aliphatic rings. The lowest BCUT2D eigenvalue weighted by Crippen LogP contribution is -2.11. The molecule has 4 rings (SSSR count). The van der Waals surface area contributed by atoms with Gasteiger partial charge in [0.05, 0.1) is 24.4 Å². The Labute approximate surface area is 152 Å². The summed E-state index contributed by atoms with van der Waals surface area (Å²) in [6.07, 6.45) is 0. The van der Waals surface area contributed by atoms with E-state index in [-0.39, 0.29) is 6.04 Å². The normalized spacial score (nSPS) is 12.5. The lowest BCUT2D eigenvalue weighted by molar-refractivity contribution is 0.408. The molecule has 0 fully saturated rings. The molecule has 0 aliphatic carbocycles. The number of para-hydroxylation sites is 1. The van der Waals surface area contributed by atoms with Gasteiger partial charge in [-0.1, -0.05) is 29.8 Å². The van der Waals surface area contributed by atoms with E-state index < -0.39 is 0 Å². The van der Waals surface area contributed by atoms with Gasteiger partial charge < -0.3 is 10.1 Å². The highest BCUT2D eigenvalue weighted by molar-refractivity contribution is 5.91. The zero-order valence-electron chi connectivity index (χ0n) is 15.4. The fraction of sp³-hybridized carbons (Fsp3) is 0.238. The molecule has 0 unspecified atom stereocenters. The van der Waals surface area contributed by atoms with E-state index in [1.807, 2.05) is 35.7 Å². The van der Waals surface area contributed by atoms with Crippen LogP contribution in [0, 0.1) is 13.8 Å². The molecule has 0 spiro atoms. The van der Waals surface area contributed by atoms with E-state index in [2.05, 4.69) is 48.5 Å². The molecule has 2 heterocycles. The molecule has 2 aromatic carbocycles. The Hall–Kier alpha value is -3.08. The number of hydrogen-bond donors (Lipinski definition) is 1. The Morgan fingerprint density at radius 2 is 1.88 bits per heavy atom. The van der Waals surface area contributed by atoms with Crippen molar-refractivity contribution in [3.63, 3.8) is 0 Å². The molecule has 0 amide bonds. The molecule has 0 saturated carbocycles. The van der Waals surface area contributed by atoms with Gasteiger partial charge in [-0.2, -0.15) is 5.10 Å². The van der Waals surface area contributed by atoms with E-state index in [9.17, 15) is 0 Å². The lowest BCUT2D eigenvalue weighted by Gasteiger charge is -2.19. The first-order valence-electron chi connectivity index (χ1n) is 8.73. The number of ether oxygens (including phenoxy) is 1. The van der Waals surface area contributed by atoms with Crippen LogP contribution >= 0.6 is 0 Å². The maximum Gasteiger partial charge on any atom is 0.158 e. The van der Waals surface area contributed by atoms with Crippen molar-refractivity contribution in [3.8, 4) is 5.75 Å². The predicted molar refractivity (Wildman–Crippen MR) is 105 cm³/mol. The van der Waals surface area contributed by atoms with Crippen LogP contribution in [0.4, 0.5) is 5.82 Å². The minimum absolute atomic E-state index is 0.0484. The van der Waals surface area contributed by atoms with Crippen LogP contribution < -0.4 is 10.1 Å². The Morgan fingerprint density at radius 1 is 1.08 bits per heavy atom. The largest absolute Gasteiger partial charge is 0.496 e. The van der Waals surface area contributed by atoms with Crippen LogP contribution in [-0.4, -0.2) is 21.7 Å². The van der Waals surface area contributed by atoms with Gasteiger partial charge in [-0.25, -0.2) is 9.50 Å². The second-order valence-corrected chi connectivity index (χ2v) is 6.64. The summed E-state index contributed by atoms with van der Waals surface area (Å²) in [6.45, 7) is 6.20. The molecule has 26 heavy (non-hydrogen) atoms. The van der Waals surface area contributed by atoms with Crippen LogP contribution in [0.25, 0.3) is 16.6 Å². The van der Waals surface area contributed by atoms with Crippen molar-refractivity contribution in [2.24, 2.45) is 0 Å². The monoisotopic (exact) mass is 346 g/mol. The highest BCUT2D eigenvalue weighted by Gasteiger charge is 2.15. The van der Waals surface area contributed by atoms with Gasteiger partial charge in [0.1, 0.15) is 11.6 Å². The number of nitrogens with zero attached hydrogens (tertiary/aromatic N) is 3. The van der Waals surface area contributed by atoms with Crippen molar-refractivity contribution in [1.29, 1.82) is 0 Å². The number of rotatable bonds is 4. The molecule has 5 heteroatoms. The van der Waals surface area contributed by atoms with E-state index in [4.69, 9.17) is 9.72 Å². The van der Waals surface area contributed by atoms with Crippen LogP contribution in [0.15, 0.2) is 48.5 Å². The molecule has 1 atom stereocenters. The minimum Gasteiger partial charge on any atom is -0.496 e. The summed E-state index contributed by atoms with van der Waals surface area (Å²) in [7, 11) is 1.70. The standard InChI is InChI=1S/C21H22N4O/c1-13-9-10-19(26-4)17(11-13)15(3)22-21-16-7-5-6-8-18(16)25-20(23-21)12-14(2)24-25/h5-12,15H,1-4H3,(H,22,23)/t15-/m0/s1. The number of aryl methyl sites for hydroxylation is 2. The highest BCUT2D eigenvalue weighted by atomic mass is 16.5. The minimum atomic E-state index is 0.0484. The van der Waals surface area contributed by atoms with Crippen molar-refractivity contribution < 1.29 is 4.74 Å². The number of fused-ring (bicyclic) bond motifs is 3. The topological polar surface area (TPSA) is 51.5 Å². The van der Waals surface area contributed by atoms with Gasteiger partial charge in [0.2, 0.25) is 0 Å². The Kier molecular flexibility index (Phi) is 3.99. The van der Waals surface area contributed by atoms with E-state index >= 15 is 0 Å². The average Bonchev–Trinajstić information content (AvgIpc) is 3.02. The summed E-state index contributed by atoms with van der Waals surface area (Å²) in [6, 6.07) is 16.5. The molecule has 0 bridgehead atoms. The SMILES string of the molecule is COc1ccc(C)cc1[C@H](C)Nc1nc2cc(C)nn2c2ccccc12. The molecule has 5 nitrogen and oxygen atoms in total. The molecule has 1 N–H and O–H groups in total. The third-order valence-electron chi connectivity index (χ3n) is 4.63. The zero-order chi connectivity index (χ0) is 18.3. The maximum absolute atomic E-state index is 5.55. The summed E-state index contributed by atoms with van der Waals surface area (Å²) in [5, 5.41) is 9.18. The molecular weight excluding hydrogens is 324 g/mol. The lowest BCUT2D eigenvalue weighted by atomic mass is 10.0. The quantitative estimate of drug-likeness (QED) is 0.583. The summed E-state index contributed by atoms with van der Waals surface area (Å²) in [5.41, 5.74) is 5.15. The Bertz CT molecular complexity index is 1100. The predicted octanol–water partition coefficient (Wildman–Crippen LogP) is 4.68. The van der Waals surface area contributed by atoms with Gasteiger partial charge in [0, 0.05) is 17.0 Å². The fourth-order valence-corrected chi connectivity index (χ4v) is 3.36. The van der Waals surface area contributed by atoms with Crippen molar-refractivity contribution in [2.75, 3.05) is 12.4 Å². The Morgan fingerprint density at radius 3 is 2.69 bits per heavy atom. The summed E-state index contributed by atoms with van der Waals surface area (Å²) >= 11 is 0. The van der Waals surface area contributed by atoms with E-state index in [0.717, 1.165) is 39.4 Å². The van der Waals surface area contributed by atoms with E-state index in [0.29, 0.717) is 0 Å². The molecular formula is C21H22N4O. The maximum atomic E-state index is 5.55. The van der Waals surface area contributed by atoms with Gasteiger partial charge in [-0.05, 0) is 39.0 Å². The second kappa shape index (κ2) is 6.33. The van der Waals surface area contributed by atoms with Gasteiger partial charge >= 0.3 is 0 Å². The number of anilines is 1. The van der Waals surface area contributed by atoms with E-state index in [1.54, 1.807) is 7.11 Å². The number of methoxy groups -OCH3 is 1. The molecule has 0 aliphatic heterocycles. The van der Waals surface area contributed by atoms with Gasteiger partial charge in [-0.15, -0.1) is 0 Å². The van der Waals surface area contributed by atoms with Crippen LogP contribution in [-0.2, 0) is 0 Å². The first-order valence-corrected chi connectivity index (χ1v) is 8.73. The van der Waals surface area contributed by atoms with E-state index in [1.165, 1.54) is 5.56 Å². The third-order valence-corrected chi connectivity index (χ3v) is 4.63. The number of aromatic nitrogens is 3. The average molecular weight is 346 g/mol. The van der Waals surface area contributed by atoms with Crippen LogP contribution in [0.1, 0.15) is 29.8 Å².